The van der Waals surface area contributed by atoms with Crippen LogP contribution in [-0.2, 0) is 9.53 Å². The van der Waals surface area contributed by atoms with Gasteiger partial charge in [0.05, 0.1) is 13.2 Å². The zero-order valence-electron chi connectivity index (χ0n) is 11.6. The Bertz CT molecular complexity index is 527. The summed E-state index contributed by atoms with van der Waals surface area (Å²) in [5.41, 5.74) is 0.170. The standard InChI is InChI=1S/C14H16BrFN2O3/c1-9(14(20)18-2-4-21-5-3-18)17-13(19)10-6-11(15)8-12(16)7-10/h6-9H,2-5H2,1H3,(H,17,19). The van der Waals surface area contributed by atoms with Gasteiger partial charge < -0.3 is 15.0 Å². The largest absolute Gasteiger partial charge is 0.378 e. The number of hydrogen-bond acceptors (Lipinski definition) is 3. The van der Waals surface area contributed by atoms with Gasteiger partial charge in [0.25, 0.3) is 5.91 Å². The van der Waals surface area contributed by atoms with E-state index >= 15 is 0 Å². The molecular formula is C14H16BrFN2O3. The quantitative estimate of drug-likeness (QED) is 0.891. The van der Waals surface area contributed by atoms with Crippen molar-refractivity contribution in [3.8, 4) is 0 Å². The lowest BCUT2D eigenvalue weighted by Gasteiger charge is -2.29. The van der Waals surface area contributed by atoms with E-state index in [1.165, 1.54) is 12.1 Å². The molecule has 2 rings (SSSR count). The first-order chi connectivity index (χ1) is 9.97. The molecule has 0 aliphatic carbocycles. The summed E-state index contributed by atoms with van der Waals surface area (Å²) < 4.78 is 18.9. The van der Waals surface area contributed by atoms with Crippen molar-refractivity contribution < 1.29 is 18.7 Å². The normalized spacial score (nSPS) is 16.4. The summed E-state index contributed by atoms with van der Waals surface area (Å²) in [6.45, 7) is 3.66. The van der Waals surface area contributed by atoms with Gasteiger partial charge in [-0.05, 0) is 25.1 Å². The van der Waals surface area contributed by atoms with Crippen LogP contribution in [0.25, 0.3) is 0 Å². The third kappa shape index (κ3) is 4.25. The molecule has 0 saturated carbocycles. The smallest absolute Gasteiger partial charge is 0.252 e. The summed E-state index contributed by atoms with van der Waals surface area (Å²) in [5, 5.41) is 2.59. The molecule has 0 aromatic heterocycles. The van der Waals surface area contributed by atoms with Gasteiger partial charge in [0, 0.05) is 23.1 Å². The Balaban J connectivity index is 1.99. The van der Waals surface area contributed by atoms with Crippen LogP contribution in [0.5, 0.6) is 0 Å². The fourth-order valence-corrected chi connectivity index (χ4v) is 2.55. The summed E-state index contributed by atoms with van der Waals surface area (Å²) in [4.78, 5) is 25.9. The number of morpholine rings is 1. The maximum atomic E-state index is 13.3. The van der Waals surface area contributed by atoms with Crippen molar-refractivity contribution in [2.45, 2.75) is 13.0 Å². The number of amides is 2. The molecule has 5 nitrogen and oxygen atoms in total. The topological polar surface area (TPSA) is 58.6 Å². The maximum Gasteiger partial charge on any atom is 0.252 e. The third-order valence-corrected chi connectivity index (χ3v) is 3.62. The highest BCUT2D eigenvalue weighted by atomic mass is 79.9. The van der Waals surface area contributed by atoms with Gasteiger partial charge in [0.2, 0.25) is 5.91 Å². The van der Waals surface area contributed by atoms with Crippen molar-refractivity contribution in [1.29, 1.82) is 0 Å². The third-order valence-electron chi connectivity index (χ3n) is 3.17. The Kier molecular flexibility index (Phi) is 5.30. The van der Waals surface area contributed by atoms with Gasteiger partial charge in [-0.15, -0.1) is 0 Å². The summed E-state index contributed by atoms with van der Waals surface area (Å²) in [7, 11) is 0. The van der Waals surface area contributed by atoms with Crippen LogP contribution in [0.1, 0.15) is 17.3 Å². The number of nitrogens with zero attached hydrogens (tertiary/aromatic N) is 1. The Morgan fingerprint density at radius 1 is 1.33 bits per heavy atom. The monoisotopic (exact) mass is 358 g/mol. The van der Waals surface area contributed by atoms with Gasteiger partial charge in [0.15, 0.2) is 0 Å². The van der Waals surface area contributed by atoms with E-state index in [1.807, 2.05) is 0 Å². The van der Waals surface area contributed by atoms with Crippen molar-refractivity contribution in [3.05, 3.63) is 34.1 Å². The SMILES string of the molecule is CC(NC(=O)c1cc(F)cc(Br)c1)C(=O)N1CCOCC1. The molecule has 7 heteroatoms. The number of carbonyl (C=O) groups is 2. The van der Waals surface area contributed by atoms with Gasteiger partial charge in [-0.3, -0.25) is 9.59 Å². The summed E-state index contributed by atoms with van der Waals surface area (Å²) >= 11 is 3.13. The van der Waals surface area contributed by atoms with Crippen LogP contribution in [0.15, 0.2) is 22.7 Å². The molecule has 0 spiro atoms. The molecule has 21 heavy (non-hydrogen) atoms. The molecule has 1 fully saturated rings. The highest BCUT2D eigenvalue weighted by Crippen LogP contribution is 2.15. The van der Waals surface area contributed by atoms with Gasteiger partial charge in [0.1, 0.15) is 11.9 Å². The minimum absolute atomic E-state index is 0.165. The first-order valence-electron chi connectivity index (χ1n) is 6.61. The van der Waals surface area contributed by atoms with Crippen LogP contribution in [0.4, 0.5) is 4.39 Å². The number of benzene rings is 1. The highest BCUT2D eigenvalue weighted by Gasteiger charge is 2.24. The predicted octanol–water partition coefficient (Wildman–Crippen LogP) is 1.57. The van der Waals surface area contributed by atoms with Gasteiger partial charge >= 0.3 is 0 Å². The number of halogens is 2. The van der Waals surface area contributed by atoms with E-state index < -0.39 is 17.8 Å². The van der Waals surface area contributed by atoms with Crippen LogP contribution in [-0.4, -0.2) is 49.1 Å². The van der Waals surface area contributed by atoms with Crippen LogP contribution in [0.3, 0.4) is 0 Å². The van der Waals surface area contributed by atoms with E-state index in [4.69, 9.17) is 4.74 Å². The zero-order valence-corrected chi connectivity index (χ0v) is 13.2. The summed E-state index contributed by atoms with van der Waals surface area (Å²) in [5.74, 6) is -1.16. The van der Waals surface area contributed by atoms with Crippen LogP contribution in [0, 0.1) is 5.82 Å². The average Bonchev–Trinajstić information content (AvgIpc) is 2.46. The van der Waals surface area contributed by atoms with Crippen LogP contribution < -0.4 is 5.32 Å². The molecule has 1 aliphatic heterocycles. The minimum atomic E-state index is -0.669. The maximum absolute atomic E-state index is 13.3. The lowest BCUT2D eigenvalue weighted by molar-refractivity contribution is -0.136. The van der Waals surface area contributed by atoms with Crippen LogP contribution >= 0.6 is 15.9 Å². The molecule has 1 saturated heterocycles. The van der Waals surface area contributed by atoms with E-state index in [2.05, 4.69) is 21.2 Å². The Labute approximate surface area is 130 Å². The van der Waals surface area contributed by atoms with E-state index in [-0.39, 0.29) is 11.5 Å². The molecule has 1 atom stereocenters. The second-order valence-corrected chi connectivity index (χ2v) is 5.71. The number of rotatable bonds is 3. The Hall–Kier alpha value is -1.47. The lowest BCUT2D eigenvalue weighted by Crippen LogP contribution is -2.50. The molecule has 114 valence electrons. The van der Waals surface area contributed by atoms with Crippen molar-refractivity contribution in [3.63, 3.8) is 0 Å². The minimum Gasteiger partial charge on any atom is -0.378 e. The molecular weight excluding hydrogens is 343 g/mol. The fraction of sp³-hybridized carbons (Fsp3) is 0.429. The molecule has 0 radical (unpaired) electrons. The first-order valence-corrected chi connectivity index (χ1v) is 7.40. The number of carbonyl (C=O) groups excluding carboxylic acids is 2. The lowest BCUT2D eigenvalue weighted by atomic mass is 10.2. The summed E-state index contributed by atoms with van der Waals surface area (Å²) in [6.07, 6.45) is 0. The molecule has 1 aliphatic rings. The first kappa shape index (κ1) is 15.9. The van der Waals surface area contributed by atoms with E-state index in [9.17, 15) is 14.0 Å². The van der Waals surface area contributed by atoms with Gasteiger partial charge in [-0.2, -0.15) is 0 Å². The highest BCUT2D eigenvalue weighted by molar-refractivity contribution is 9.10. The number of nitrogens with one attached hydrogen (secondary N) is 1. The molecule has 1 unspecified atom stereocenters. The van der Waals surface area contributed by atoms with E-state index in [1.54, 1.807) is 11.8 Å². The molecule has 2 amide bonds. The second-order valence-electron chi connectivity index (χ2n) is 4.79. The molecule has 1 heterocycles. The van der Waals surface area contributed by atoms with Crippen molar-refractivity contribution in [2.75, 3.05) is 26.3 Å². The van der Waals surface area contributed by atoms with Crippen LogP contribution in [0.2, 0.25) is 0 Å². The van der Waals surface area contributed by atoms with Gasteiger partial charge in [-0.1, -0.05) is 15.9 Å². The van der Waals surface area contributed by atoms with Crippen molar-refractivity contribution in [1.82, 2.24) is 10.2 Å². The Morgan fingerprint density at radius 3 is 2.62 bits per heavy atom. The number of hydrogen-bond donors (Lipinski definition) is 1. The van der Waals surface area contributed by atoms with Gasteiger partial charge in [-0.25, -0.2) is 4.39 Å². The zero-order chi connectivity index (χ0) is 15.4. The molecule has 1 N–H and O–H groups in total. The molecule has 1 aromatic carbocycles. The van der Waals surface area contributed by atoms with Crippen molar-refractivity contribution in [2.24, 2.45) is 0 Å². The second kappa shape index (κ2) is 7.00. The molecule has 0 bridgehead atoms. The van der Waals surface area contributed by atoms with E-state index in [0.29, 0.717) is 30.8 Å². The summed E-state index contributed by atoms with van der Waals surface area (Å²) in [6, 6.07) is 3.23. The molecule has 1 aromatic rings. The van der Waals surface area contributed by atoms with E-state index in [0.717, 1.165) is 6.07 Å². The Morgan fingerprint density at radius 2 is 2.00 bits per heavy atom. The average molecular weight is 359 g/mol. The van der Waals surface area contributed by atoms with Crippen molar-refractivity contribution >= 4 is 27.7 Å². The number of ether oxygens (including phenoxy) is 1. The predicted molar refractivity (Wildman–Crippen MR) is 78.4 cm³/mol. The fourth-order valence-electron chi connectivity index (χ4n) is 2.08.